The molecule has 0 radical (unpaired) electrons. The molecular weight excluding hydrogens is 346 g/mol. The molecule has 2 amide bonds. The first-order valence-corrected chi connectivity index (χ1v) is 8.27. The first-order valence-electron chi connectivity index (χ1n) is 8.27. The van der Waals surface area contributed by atoms with Gasteiger partial charge in [-0.2, -0.15) is 0 Å². The molecule has 1 aliphatic rings. The average Bonchev–Trinajstić information content (AvgIpc) is 2.98. The van der Waals surface area contributed by atoms with Gasteiger partial charge in [-0.05, 0) is 25.1 Å². The molecule has 1 unspecified atom stereocenters. The van der Waals surface area contributed by atoms with Crippen molar-refractivity contribution in [3.63, 3.8) is 0 Å². The molecule has 8 heteroatoms. The summed E-state index contributed by atoms with van der Waals surface area (Å²) in [6.07, 6.45) is 3.05. The minimum atomic E-state index is -0.620. The lowest BCUT2D eigenvalue weighted by Crippen LogP contribution is -2.33. The van der Waals surface area contributed by atoms with Gasteiger partial charge in [0.15, 0.2) is 0 Å². The molecule has 0 saturated heterocycles. The van der Waals surface area contributed by atoms with Gasteiger partial charge in [0.25, 0.3) is 11.8 Å². The van der Waals surface area contributed by atoms with E-state index in [1.807, 2.05) is 0 Å². The van der Waals surface area contributed by atoms with E-state index >= 15 is 0 Å². The second kappa shape index (κ2) is 6.56. The highest BCUT2D eigenvalue weighted by Gasteiger charge is 2.40. The Morgan fingerprint density at radius 2 is 1.59 bits per heavy atom. The number of rotatable bonds is 4. The minimum Gasteiger partial charge on any atom is -0.480 e. The third kappa shape index (κ3) is 2.71. The Morgan fingerprint density at radius 3 is 2.19 bits per heavy atom. The molecule has 0 aliphatic carbocycles. The molecule has 0 saturated carbocycles. The lowest BCUT2D eigenvalue weighted by atomic mass is 10.1. The number of imide groups is 1. The van der Waals surface area contributed by atoms with E-state index in [1.54, 1.807) is 43.3 Å². The Bertz CT molecular complexity index is 1000. The van der Waals surface area contributed by atoms with E-state index in [1.165, 1.54) is 24.4 Å². The van der Waals surface area contributed by atoms with Crippen LogP contribution in [0.4, 0.5) is 0 Å². The summed E-state index contributed by atoms with van der Waals surface area (Å²) >= 11 is 0. The largest absolute Gasteiger partial charge is 0.480 e. The van der Waals surface area contributed by atoms with Crippen LogP contribution in [0.15, 0.2) is 48.8 Å². The number of hydrogen-bond donors (Lipinski definition) is 0. The van der Waals surface area contributed by atoms with E-state index in [4.69, 9.17) is 4.74 Å². The number of carbonyl (C=O) groups excluding carboxylic acids is 2. The fraction of sp³-hybridized carbons (Fsp3) is 0.158. The zero-order valence-electron chi connectivity index (χ0n) is 14.7. The van der Waals surface area contributed by atoms with E-state index in [9.17, 15) is 9.59 Å². The van der Waals surface area contributed by atoms with Gasteiger partial charge in [-0.15, -0.1) is 10.2 Å². The summed E-state index contributed by atoms with van der Waals surface area (Å²) in [5, 5.41) is 8.05. The number of nitrogens with zero attached hydrogens (tertiary/aromatic N) is 5. The quantitative estimate of drug-likeness (QED) is 0.658. The van der Waals surface area contributed by atoms with E-state index in [0.717, 1.165) is 0 Å². The van der Waals surface area contributed by atoms with Crippen LogP contribution in [0, 0.1) is 0 Å². The van der Waals surface area contributed by atoms with Crippen LogP contribution in [0.3, 0.4) is 0 Å². The second-order valence-corrected chi connectivity index (χ2v) is 5.95. The van der Waals surface area contributed by atoms with Crippen LogP contribution in [0.5, 0.6) is 5.88 Å². The highest BCUT2D eigenvalue weighted by atomic mass is 16.5. The van der Waals surface area contributed by atoms with Gasteiger partial charge >= 0.3 is 0 Å². The lowest BCUT2D eigenvalue weighted by molar-refractivity contribution is 0.0592. The van der Waals surface area contributed by atoms with Crippen molar-refractivity contribution in [1.29, 1.82) is 0 Å². The summed E-state index contributed by atoms with van der Waals surface area (Å²) in [7, 11) is 1.50. The molecule has 4 rings (SSSR count). The van der Waals surface area contributed by atoms with Crippen molar-refractivity contribution in [3.05, 3.63) is 65.6 Å². The van der Waals surface area contributed by atoms with Crippen LogP contribution in [0.25, 0.3) is 11.4 Å². The molecule has 0 spiro atoms. The van der Waals surface area contributed by atoms with Crippen LogP contribution < -0.4 is 4.74 Å². The Balaban J connectivity index is 1.74. The number of fused-ring (bicyclic) bond motifs is 1. The third-order valence-corrected chi connectivity index (χ3v) is 4.43. The topological polar surface area (TPSA) is 98.2 Å². The van der Waals surface area contributed by atoms with Crippen molar-refractivity contribution < 1.29 is 14.3 Å². The summed E-state index contributed by atoms with van der Waals surface area (Å²) in [6.45, 7) is 1.74. The molecule has 1 aromatic carbocycles. The molecule has 3 aromatic rings. The van der Waals surface area contributed by atoms with Crippen molar-refractivity contribution in [2.45, 2.75) is 13.0 Å². The minimum absolute atomic E-state index is 0.347. The van der Waals surface area contributed by atoms with Gasteiger partial charge in [-0.1, -0.05) is 12.1 Å². The Morgan fingerprint density at radius 1 is 0.926 bits per heavy atom. The SMILES string of the molecule is COc1ccc(-c2nccnc2C(C)N2C(=O)c3ccccc3C2=O)nn1. The zero-order valence-corrected chi connectivity index (χ0v) is 14.7. The molecule has 0 fully saturated rings. The normalized spacial score (nSPS) is 14.2. The van der Waals surface area contributed by atoms with E-state index < -0.39 is 6.04 Å². The van der Waals surface area contributed by atoms with Gasteiger partial charge in [0.2, 0.25) is 5.88 Å². The van der Waals surface area contributed by atoms with Gasteiger partial charge in [0.05, 0.1) is 30.0 Å². The monoisotopic (exact) mass is 361 g/mol. The lowest BCUT2D eigenvalue weighted by Gasteiger charge is -2.23. The Kier molecular flexibility index (Phi) is 4.08. The van der Waals surface area contributed by atoms with E-state index in [2.05, 4.69) is 20.2 Å². The maximum Gasteiger partial charge on any atom is 0.262 e. The zero-order chi connectivity index (χ0) is 19.0. The highest BCUT2D eigenvalue weighted by Crippen LogP contribution is 2.33. The standard InChI is InChI=1S/C19H15N5O3/c1-11(24-18(25)12-5-3-4-6-13(12)19(24)26)16-17(21-10-9-20-16)14-7-8-15(27-2)23-22-14/h3-11H,1-2H3. The first kappa shape index (κ1) is 16.8. The third-order valence-electron chi connectivity index (χ3n) is 4.43. The van der Waals surface area contributed by atoms with Gasteiger partial charge in [-0.3, -0.25) is 24.5 Å². The average molecular weight is 361 g/mol. The predicted molar refractivity (Wildman–Crippen MR) is 95.0 cm³/mol. The summed E-state index contributed by atoms with van der Waals surface area (Å²) in [6, 6.07) is 9.51. The Hall–Kier alpha value is -3.68. The number of benzene rings is 1. The number of ether oxygens (including phenoxy) is 1. The van der Waals surface area contributed by atoms with Gasteiger partial charge in [-0.25, -0.2) is 0 Å². The molecule has 0 N–H and O–H groups in total. The fourth-order valence-electron chi connectivity index (χ4n) is 3.09. The smallest absolute Gasteiger partial charge is 0.262 e. The van der Waals surface area contributed by atoms with Crippen molar-refractivity contribution in [3.8, 4) is 17.3 Å². The van der Waals surface area contributed by atoms with E-state index in [-0.39, 0.29) is 11.8 Å². The van der Waals surface area contributed by atoms with Crippen LogP contribution >= 0.6 is 0 Å². The summed E-state index contributed by atoms with van der Waals surface area (Å²) in [4.78, 5) is 35.4. The van der Waals surface area contributed by atoms with Gasteiger partial charge in [0, 0.05) is 18.5 Å². The van der Waals surface area contributed by atoms with Crippen molar-refractivity contribution >= 4 is 11.8 Å². The molecule has 0 bridgehead atoms. The molecular formula is C19H15N5O3. The molecule has 8 nitrogen and oxygen atoms in total. The first-order chi connectivity index (χ1) is 13.1. The number of carbonyl (C=O) groups is 2. The molecule has 134 valence electrons. The molecule has 1 aliphatic heterocycles. The highest BCUT2D eigenvalue weighted by molar-refractivity contribution is 6.21. The predicted octanol–water partition coefficient (Wildman–Crippen LogP) is 2.30. The maximum atomic E-state index is 12.8. The summed E-state index contributed by atoms with van der Waals surface area (Å²) in [5.74, 6) is -0.321. The number of aromatic nitrogens is 4. The van der Waals surface area contributed by atoms with Gasteiger partial charge < -0.3 is 4.74 Å². The Labute approximate surface area is 154 Å². The summed E-state index contributed by atoms with van der Waals surface area (Å²) < 4.78 is 5.02. The maximum absolute atomic E-state index is 12.8. The molecule has 2 aromatic heterocycles. The van der Waals surface area contributed by atoms with Crippen molar-refractivity contribution in [2.75, 3.05) is 7.11 Å². The van der Waals surface area contributed by atoms with Crippen LogP contribution in [0.2, 0.25) is 0 Å². The number of hydrogen-bond acceptors (Lipinski definition) is 7. The number of methoxy groups -OCH3 is 1. The van der Waals surface area contributed by atoms with Crippen molar-refractivity contribution in [1.82, 2.24) is 25.1 Å². The number of amides is 2. The van der Waals surface area contributed by atoms with E-state index in [0.29, 0.717) is 34.1 Å². The van der Waals surface area contributed by atoms with Crippen LogP contribution in [0.1, 0.15) is 39.4 Å². The fourth-order valence-corrected chi connectivity index (χ4v) is 3.09. The molecule has 27 heavy (non-hydrogen) atoms. The van der Waals surface area contributed by atoms with Crippen LogP contribution in [-0.2, 0) is 0 Å². The second-order valence-electron chi connectivity index (χ2n) is 5.95. The van der Waals surface area contributed by atoms with Gasteiger partial charge in [0.1, 0.15) is 11.4 Å². The molecule has 3 heterocycles. The summed E-state index contributed by atoms with van der Waals surface area (Å²) in [5.41, 5.74) is 2.18. The van der Waals surface area contributed by atoms with Crippen molar-refractivity contribution in [2.24, 2.45) is 0 Å². The molecule has 1 atom stereocenters. The van der Waals surface area contributed by atoms with Crippen LogP contribution in [-0.4, -0.2) is 44.0 Å².